The molecule has 5 heterocycles. The van der Waals surface area contributed by atoms with Gasteiger partial charge in [-0.05, 0) is 18.6 Å². The van der Waals surface area contributed by atoms with Crippen LogP contribution in [0, 0.1) is 5.92 Å². The lowest BCUT2D eigenvalue weighted by Crippen LogP contribution is -2.36. The Bertz CT molecular complexity index is 1100. The maximum absolute atomic E-state index is 13.1. The maximum Gasteiger partial charge on any atom is 0.416 e. The van der Waals surface area contributed by atoms with Crippen LogP contribution >= 0.6 is 0 Å². The summed E-state index contributed by atoms with van der Waals surface area (Å²) in [4.78, 5) is 16.8. The molecule has 2 saturated heterocycles. The number of hydrogen-bond acceptors (Lipinski definition) is 6. The molecule has 3 aromatic heterocycles. The number of alkyl halides is 5. The van der Waals surface area contributed by atoms with Crippen LogP contribution < -0.4 is 9.80 Å². The summed E-state index contributed by atoms with van der Waals surface area (Å²) in [7, 11) is 0. The van der Waals surface area contributed by atoms with Crippen molar-refractivity contribution in [3.8, 4) is 0 Å². The summed E-state index contributed by atoms with van der Waals surface area (Å²) in [5.41, 5.74) is -0.00737. The number of anilines is 2. The maximum atomic E-state index is 13.1. The molecule has 3 aromatic rings. The number of halogens is 5. The van der Waals surface area contributed by atoms with Crippen LogP contribution in [0.1, 0.15) is 12.0 Å². The van der Waals surface area contributed by atoms with Gasteiger partial charge >= 0.3 is 6.18 Å². The molecule has 0 N–H and O–H groups in total. The quantitative estimate of drug-likeness (QED) is 0.582. The molecule has 5 rings (SSSR count). The van der Waals surface area contributed by atoms with Gasteiger partial charge in [-0.25, -0.2) is 28.4 Å². The highest BCUT2D eigenvalue weighted by molar-refractivity contribution is 5.71. The van der Waals surface area contributed by atoms with Crippen molar-refractivity contribution in [2.75, 3.05) is 29.4 Å². The predicted molar refractivity (Wildman–Crippen MR) is 102 cm³/mol. The largest absolute Gasteiger partial charge is 0.416 e. The van der Waals surface area contributed by atoms with E-state index >= 15 is 0 Å². The minimum atomic E-state index is -4.43. The summed E-state index contributed by atoms with van der Waals surface area (Å²) in [5.74, 6) is 1.08. The Morgan fingerprint density at radius 1 is 1.10 bits per heavy atom. The fourth-order valence-corrected chi connectivity index (χ4v) is 4.44. The molecule has 2 aliphatic rings. The standard InChI is InChI=1S/C19H18F5N7/c20-15(21)10-31-18-13(6-27-31)26-7-17(28-18)30-4-2-11-8-29(9-14(11)30)16-5-12(1-3-25-16)19(22,23)24/h1,3,5-7,11,14-15H,2,4,8-10H2/t11-,14+/m1/s1. The Morgan fingerprint density at radius 2 is 1.94 bits per heavy atom. The topological polar surface area (TPSA) is 63.0 Å². The van der Waals surface area contributed by atoms with Crippen molar-refractivity contribution in [1.82, 2.24) is 24.7 Å². The van der Waals surface area contributed by atoms with E-state index in [9.17, 15) is 22.0 Å². The second-order valence-electron chi connectivity index (χ2n) is 7.77. The van der Waals surface area contributed by atoms with Gasteiger partial charge in [0.25, 0.3) is 6.43 Å². The Labute approximate surface area is 173 Å². The molecule has 0 radical (unpaired) electrons. The molecule has 12 heteroatoms. The lowest BCUT2D eigenvalue weighted by molar-refractivity contribution is -0.137. The first-order valence-electron chi connectivity index (χ1n) is 9.81. The van der Waals surface area contributed by atoms with E-state index in [1.165, 1.54) is 12.4 Å². The third kappa shape index (κ3) is 3.63. The molecule has 2 fully saturated rings. The number of nitrogens with zero attached hydrogens (tertiary/aromatic N) is 7. The van der Waals surface area contributed by atoms with Crippen LogP contribution in [0.5, 0.6) is 0 Å². The average Bonchev–Trinajstić information content (AvgIpc) is 3.41. The van der Waals surface area contributed by atoms with Crippen molar-refractivity contribution in [2.45, 2.75) is 31.6 Å². The third-order valence-corrected chi connectivity index (χ3v) is 5.88. The van der Waals surface area contributed by atoms with Crippen molar-refractivity contribution < 1.29 is 22.0 Å². The summed E-state index contributed by atoms with van der Waals surface area (Å²) in [5, 5.41) is 3.93. The van der Waals surface area contributed by atoms with E-state index in [0.29, 0.717) is 36.8 Å². The zero-order valence-corrected chi connectivity index (χ0v) is 16.2. The molecule has 0 aromatic carbocycles. The van der Waals surface area contributed by atoms with Gasteiger partial charge in [0.15, 0.2) is 5.65 Å². The minimum absolute atomic E-state index is 0.0227. The Kier molecular flexibility index (Phi) is 4.67. The van der Waals surface area contributed by atoms with Crippen molar-refractivity contribution in [3.63, 3.8) is 0 Å². The molecule has 0 saturated carbocycles. The van der Waals surface area contributed by atoms with Crippen LogP contribution in [0.3, 0.4) is 0 Å². The molecule has 0 spiro atoms. The molecular formula is C19H18F5N7. The van der Waals surface area contributed by atoms with E-state index in [4.69, 9.17) is 0 Å². The first kappa shape index (κ1) is 19.9. The van der Waals surface area contributed by atoms with Crippen LogP contribution in [0.2, 0.25) is 0 Å². The molecule has 0 unspecified atom stereocenters. The summed E-state index contributed by atoms with van der Waals surface area (Å²) in [6, 6.07) is 2.05. The third-order valence-electron chi connectivity index (χ3n) is 5.88. The van der Waals surface area contributed by atoms with E-state index in [-0.39, 0.29) is 17.6 Å². The fourth-order valence-electron chi connectivity index (χ4n) is 4.44. The van der Waals surface area contributed by atoms with Crippen molar-refractivity contribution in [3.05, 3.63) is 36.3 Å². The van der Waals surface area contributed by atoms with Gasteiger partial charge in [-0.3, -0.25) is 0 Å². The molecule has 2 atom stereocenters. The Balaban J connectivity index is 1.39. The highest BCUT2D eigenvalue weighted by Crippen LogP contribution is 2.37. The van der Waals surface area contributed by atoms with Gasteiger partial charge in [-0.1, -0.05) is 0 Å². The monoisotopic (exact) mass is 439 g/mol. The Morgan fingerprint density at radius 3 is 2.71 bits per heavy atom. The summed E-state index contributed by atoms with van der Waals surface area (Å²) >= 11 is 0. The fraction of sp³-hybridized carbons (Fsp3) is 0.474. The molecule has 0 bridgehead atoms. The molecule has 0 amide bonds. The number of fused-ring (bicyclic) bond motifs is 2. The van der Waals surface area contributed by atoms with Gasteiger partial charge in [0.2, 0.25) is 0 Å². The lowest BCUT2D eigenvalue weighted by Gasteiger charge is -2.26. The summed E-state index contributed by atoms with van der Waals surface area (Å²) in [6.45, 7) is 1.23. The van der Waals surface area contributed by atoms with Gasteiger partial charge in [0, 0.05) is 31.7 Å². The van der Waals surface area contributed by atoms with Crippen LogP contribution in [-0.4, -0.2) is 56.8 Å². The average molecular weight is 439 g/mol. The molecular weight excluding hydrogens is 421 g/mol. The van der Waals surface area contributed by atoms with Crippen LogP contribution in [0.25, 0.3) is 11.2 Å². The SMILES string of the molecule is FC(F)Cn1ncc2ncc(N3CC[C@@H]4CN(c5cc(C(F)(F)F)ccn5)C[C@@H]43)nc21. The molecule has 0 aliphatic carbocycles. The molecule has 2 aliphatic heterocycles. The highest BCUT2D eigenvalue weighted by Gasteiger charge is 2.43. The second kappa shape index (κ2) is 7.27. The minimum Gasteiger partial charge on any atom is -0.354 e. The first-order valence-corrected chi connectivity index (χ1v) is 9.81. The normalized spacial score (nSPS) is 21.5. The zero-order valence-electron chi connectivity index (χ0n) is 16.2. The number of pyridine rings is 1. The van der Waals surface area contributed by atoms with Gasteiger partial charge < -0.3 is 9.80 Å². The van der Waals surface area contributed by atoms with Crippen LogP contribution in [0.4, 0.5) is 33.6 Å². The molecule has 7 nitrogen and oxygen atoms in total. The number of hydrogen-bond donors (Lipinski definition) is 0. The zero-order chi connectivity index (χ0) is 21.8. The van der Waals surface area contributed by atoms with Gasteiger partial charge in [0.1, 0.15) is 23.7 Å². The highest BCUT2D eigenvalue weighted by atomic mass is 19.4. The van der Waals surface area contributed by atoms with Crippen LogP contribution in [0.15, 0.2) is 30.7 Å². The van der Waals surface area contributed by atoms with Crippen molar-refractivity contribution in [2.24, 2.45) is 5.92 Å². The first-order chi connectivity index (χ1) is 14.8. The number of aromatic nitrogens is 5. The van der Waals surface area contributed by atoms with Crippen LogP contribution in [-0.2, 0) is 12.7 Å². The van der Waals surface area contributed by atoms with Crippen molar-refractivity contribution >= 4 is 22.8 Å². The van der Waals surface area contributed by atoms with Gasteiger partial charge in [-0.15, -0.1) is 0 Å². The van der Waals surface area contributed by atoms with Gasteiger partial charge in [-0.2, -0.15) is 18.3 Å². The number of rotatable bonds is 4. The van der Waals surface area contributed by atoms with E-state index in [0.717, 1.165) is 23.2 Å². The van der Waals surface area contributed by atoms with E-state index in [1.807, 2.05) is 9.80 Å². The summed E-state index contributed by atoms with van der Waals surface area (Å²) < 4.78 is 65.9. The lowest BCUT2D eigenvalue weighted by atomic mass is 10.1. The van der Waals surface area contributed by atoms with E-state index < -0.39 is 24.7 Å². The Hall–Kier alpha value is -3.05. The summed E-state index contributed by atoms with van der Waals surface area (Å²) in [6.07, 6.45) is -1.98. The predicted octanol–water partition coefficient (Wildman–Crippen LogP) is 3.22. The second-order valence-corrected chi connectivity index (χ2v) is 7.77. The van der Waals surface area contributed by atoms with E-state index in [2.05, 4.69) is 20.1 Å². The molecule has 31 heavy (non-hydrogen) atoms. The smallest absolute Gasteiger partial charge is 0.354 e. The molecule has 164 valence electrons. The van der Waals surface area contributed by atoms with E-state index in [1.54, 1.807) is 6.20 Å². The van der Waals surface area contributed by atoms with Crippen molar-refractivity contribution in [1.29, 1.82) is 0 Å². The van der Waals surface area contributed by atoms with Gasteiger partial charge in [0.05, 0.1) is 24.0 Å².